The molecule has 0 spiro atoms. The average molecular weight is 329 g/mol. The van der Waals surface area contributed by atoms with Crippen LogP contribution in [0.25, 0.3) is 0 Å². The second kappa shape index (κ2) is 8.26. The fourth-order valence-electron chi connectivity index (χ4n) is 2.03. The summed E-state index contributed by atoms with van der Waals surface area (Å²) in [6.45, 7) is 0.363. The number of anilines is 3. The van der Waals surface area contributed by atoms with Crippen LogP contribution in [0.4, 0.5) is 17.5 Å². The molecule has 0 radical (unpaired) electrons. The molecule has 0 aliphatic heterocycles. The Balaban J connectivity index is 1.95. The maximum Gasteiger partial charge on any atom is 0.250 e. The maximum absolute atomic E-state index is 12.1. The summed E-state index contributed by atoms with van der Waals surface area (Å²) in [5.41, 5.74) is 1.58. The molecule has 24 heavy (non-hydrogen) atoms. The molecule has 128 valence electrons. The van der Waals surface area contributed by atoms with Gasteiger partial charge in [-0.1, -0.05) is 30.3 Å². The highest BCUT2D eigenvalue weighted by Gasteiger charge is 2.13. The highest BCUT2D eigenvalue weighted by Crippen LogP contribution is 2.22. The van der Waals surface area contributed by atoms with Crippen molar-refractivity contribution in [2.24, 2.45) is 0 Å². The van der Waals surface area contributed by atoms with E-state index in [0.717, 1.165) is 5.56 Å². The number of carbonyl (C=O) groups is 1. The summed E-state index contributed by atoms with van der Waals surface area (Å²) in [6, 6.07) is 9.72. The molecule has 0 aliphatic carbocycles. The maximum atomic E-state index is 12.1. The number of amides is 1. The smallest absolute Gasteiger partial charge is 0.250 e. The Morgan fingerprint density at radius 2 is 1.83 bits per heavy atom. The lowest BCUT2D eigenvalue weighted by Crippen LogP contribution is -2.23. The number of nitrogens with one attached hydrogen (secondary N) is 1. The Labute approximate surface area is 142 Å². The molecule has 0 fully saturated rings. The highest BCUT2D eigenvalue weighted by atomic mass is 16.5. The molecule has 0 bridgehead atoms. The highest BCUT2D eigenvalue weighted by molar-refractivity contribution is 5.94. The Bertz CT molecular complexity index is 674. The van der Waals surface area contributed by atoms with E-state index in [4.69, 9.17) is 4.74 Å². The van der Waals surface area contributed by atoms with Crippen LogP contribution in [0.1, 0.15) is 5.56 Å². The van der Waals surface area contributed by atoms with Crippen molar-refractivity contribution in [2.75, 3.05) is 49.9 Å². The number of nitrogens with zero attached hydrogens (tertiary/aromatic N) is 4. The van der Waals surface area contributed by atoms with E-state index in [1.165, 1.54) is 0 Å². The number of rotatable bonds is 7. The fourth-order valence-corrected chi connectivity index (χ4v) is 2.03. The monoisotopic (exact) mass is 329 g/mol. The van der Waals surface area contributed by atoms with Crippen LogP contribution in [0.3, 0.4) is 0 Å². The third kappa shape index (κ3) is 4.92. The number of aromatic nitrogens is 2. The van der Waals surface area contributed by atoms with Crippen molar-refractivity contribution >= 4 is 23.4 Å². The summed E-state index contributed by atoms with van der Waals surface area (Å²) in [6.07, 6.45) is 1.60. The molecule has 0 unspecified atom stereocenters. The molecule has 0 saturated heterocycles. The van der Waals surface area contributed by atoms with Gasteiger partial charge in [-0.3, -0.25) is 4.79 Å². The molecule has 0 atom stereocenters. The van der Waals surface area contributed by atoms with Gasteiger partial charge in [-0.2, -0.15) is 4.98 Å². The lowest BCUT2D eigenvalue weighted by molar-refractivity contribution is -0.121. The van der Waals surface area contributed by atoms with Crippen molar-refractivity contribution in [3.8, 4) is 0 Å². The standard InChI is InChI=1S/C17H23N5O2/c1-21(2)16-14(10-18-17(20-16)22(3)4)19-15(23)12-24-11-13-8-6-5-7-9-13/h5-10H,11-12H2,1-4H3,(H,19,23). The van der Waals surface area contributed by atoms with E-state index in [0.29, 0.717) is 24.1 Å². The van der Waals surface area contributed by atoms with Crippen LogP contribution in [0, 0.1) is 0 Å². The molecule has 7 heteroatoms. The SMILES string of the molecule is CN(C)c1ncc(NC(=O)COCc2ccccc2)c(N(C)C)n1. The molecular weight excluding hydrogens is 306 g/mol. The van der Waals surface area contributed by atoms with E-state index in [2.05, 4.69) is 15.3 Å². The average Bonchev–Trinajstić information content (AvgIpc) is 2.55. The Hall–Kier alpha value is -2.67. The van der Waals surface area contributed by atoms with Crippen LogP contribution in [-0.4, -0.2) is 50.7 Å². The number of ether oxygens (including phenoxy) is 1. The molecule has 1 heterocycles. The van der Waals surface area contributed by atoms with Gasteiger partial charge in [0.15, 0.2) is 5.82 Å². The van der Waals surface area contributed by atoms with Gasteiger partial charge in [0.05, 0.1) is 12.8 Å². The molecule has 2 aromatic rings. The van der Waals surface area contributed by atoms with Gasteiger partial charge in [0, 0.05) is 28.2 Å². The third-order valence-corrected chi connectivity index (χ3v) is 3.20. The molecule has 7 nitrogen and oxygen atoms in total. The predicted molar refractivity (Wildman–Crippen MR) is 95.4 cm³/mol. The number of benzene rings is 1. The van der Waals surface area contributed by atoms with Crippen molar-refractivity contribution in [3.63, 3.8) is 0 Å². The van der Waals surface area contributed by atoms with Crippen LogP contribution in [-0.2, 0) is 16.1 Å². The lowest BCUT2D eigenvalue weighted by Gasteiger charge is -2.19. The molecule has 2 rings (SSSR count). The van der Waals surface area contributed by atoms with Crippen molar-refractivity contribution in [3.05, 3.63) is 42.1 Å². The minimum atomic E-state index is -0.241. The van der Waals surface area contributed by atoms with E-state index >= 15 is 0 Å². The summed E-state index contributed by atoms with van der Waals surface area (Å²) in [5.74, 6) is 0.984. The zero-order chi connectivity index (χ0) is 17.5. The van der Waals surface area contributed by atoms with Gasteiger partial charge in [-0.05, 0) is 5.56 Å². The van der Waals surface area contributed by atoms with Crippen LogP contribution in [0.2, 0.25) is 0 Å². The first-order chi connectivity index (χ1) is 11.5. The molecule has 0 aliphatic rings. The first-order valence-electron chi connectivity index (χ1n) is 7.60. The molecule has 1 aromatic heterocycles. The quantitative estimate of drug-likeness (QED) is 0.835. The van der Waals surface area contributed by atoms with Gasteiger partial charge in [0.25, 0.3) is 5.91 Å². The Morgan fingerprint density at radius 1 is 1.12 bits per heavy atom. The van der Waals surface area contributed by atoms with Gasteiger partial charge in [0.2, 0.25) is 5.95 Å². The first kappa shape index (κ1) is 17.7. The summed E-state index contributed by atoms with van der Waals surface area (Å²) in [5, 5.41) is 2.80. The van der Waals surface area contributed by atoms with E-state index in [-0.39, 0.29) is 12.5 Å². The molecule has 0 saturated carbocycles. The fraction of sp³-hybridized carbons (Fsp3) is 0.353. The zero-order valence-corrected chi connectivity index (χ0v) is 14.5. The van der Waals surface area contributed by atoms with Crippen LogP contribution in [0.5, 0.6) is 0 Å². The van der Waals surface area contributed by atoms with E-state index in [1.807, 2.05) is 68.3 Å². The normalized spacial score (nSPS) is 10.3. The number of hydrogen-bond acceptors (Lipinski definition) is 6. The van der Waals surface area contributed by atoms with Crippen molar-refractivity contribution in [2.45, 2.75) is 6.61 Å². The minimum absolute atomic E-state index is 0.0306. The third-order valence-electron chi connectivity index (χ3n) is 3.20. The Kier molecular flexibility index (Phi) is 6.08. The molecule has 1 aromatic carbocycles. The lowest BCUT2D eigenvalue weighted by atomic mass is 10.2. The number of carbonyl (C=O) groups excluding carboxylic acids is 1. The van der Waals surface area contributed by atoms with E-state index in [9.17, 15) is 4.79 Å². The van der Waals surface area contributed by atoms with Crippen LogP contribution in [0.15, 0.2) is 36.5 Å². The van der Waals surface area contributed by atoms with Gasteiger partial charge in [-0.25, -0.2) is 4.98 Å². The summed E-state index contributed by atoms with van der Waals surface area (Å²) in [4.78, 5) is 24.4. The van der Waals surface area contributed by atoms with Crippen LogP contribution < -0.4 is 15.1 Å². The van der Waals surface area contributed by atoms with Gasteiger partial charge < -0.3 is 19.9 Å². The van der Waals surface area contributed by atoms with Crippen molar-refractivity contribution in [1.82, 2.24) is 9.97 Å². The van der Waals surface area contributed by atoms with Gasteiger partial charge >= 0.3 is 0 Å². The van der Waals surface area contributed by atoms with Crippen molar-refractivity contribution in [1.29, 1.82) is 0 Å². The van der Waals surface area contributed by atoms with Crippen molar-refractivity contribution < 1.29 is 9.53 Å². The second-order valence-corrected chi connectivity index (χ2v) is 5.72. The first-order valence-corrected chi connectivity index (χ1v) is 7.60. The minimum Gasteiger partial charge on any atom is -0.367 e. The summed E-state index contributed by atoms with van der Waals surface area (Å²) >= 11 is 0. The summed E-state index contributed by atoms with van der Waals surface area (Å²) in [7, 11) is 7.46. The predicted octanol–water partition coefficient (Wildman–Crippen LogP) is 1.76. The van der Waals surface area contributed by atoms with E-state index < -0.39 is 0 Å². The molecule has 1 N–H and O–H groups in total. The summed E-state index contributed by atoms with van der Waals surface area (Å²) < 4.78 is 5.44. The van der Waals surface area contributed by atoms with Gasteiger partial charge in [-0.15, -0.1) is 0 Å². The zero-order valence-electron chi connectivity index (χ0n) is 14.5. The second-order valence-electron chi connectivity index (χ2n) is 5.72. The molecular formula is C17H23N5O2. The Morgan fingerprint density at radius 3 is 2.46 bits per heavy atom. The van der Waals surface area contributed by atoms with E-state index in [1.54, 1.807) is 6.20 Å². The van der Waals surface area contributed by atoms with Crippen LogP contribution >= 0.6 is 0 Å². The largest absolute Gasteiger partial charge is 0.367 e. The molecule has 1 amide bonds. The van der Waals surface area contributed by atoms with Gasteiger partial charge in [0.1, 0.15) is 12.3 Å². The number of hydrogen-bond donors (Lipinski definition) is 1. The topological polar surface area (TPSA) is 70.6 Å².